The van der Waals surface area contributed by atoms with Crippen LogP contribution in [0.4, 0.5) is 20.6 Å². The fourth-order valence-corrected chi connectivity index (χ4v) is 4.49. The van der Waals surface area contributed by atoms with Crippen molar-refractivity contribution >= 4 is 43.4 Å². The van der Waals surface area contributed by atoms with E-state index in [9.17, 15) is 17.6 Å². The minimum Gasteiger partial charge on any atom is -0.334 e. The van der Waals surface area contributed by atoms with Crippen LogP contribution in [0.3, 0.4) is 0 Å². The van der Waals surface area contributed by atoms with Gasteiger partial charge < -0.3 is 10.6 Å². The highest BCUT2D eigenvalue weighted by atomic mass is 79.9. The number of benzene rings is 2. The lowest BCUT2D eigenvalue weighted by atomic mass is 10.3. The molecule has 3 N–H and O–H groups in total. The third-order valence-electron chi connectivity index (χ3n) is 3.75. The first kappa shape index (κ1) is 20.7. The topological polar surface area (TPSA) is 100 Å². The van der Waals surface area contributed by atoms with Crippen LogP contribution in [0.2, 0.25) is 0 Å². The second-order valence-electron chi connectivity index (χ2n) is 5.93. The van der Waals surface area contributed by atoms with Crippen LogP contribution in [0.5, 0.6) is 0 Å². The molecule has 0 aliphatic carbocycles. The molecule has 1 aromatic heterocycles. The van der Waals surface area contributed by atoms with Crippen molar-refractivity contribution < 1.29 is 17.6 Å². The van der Waals surface area contributed by atoms with E-state index in [-0.39, 0.29) is 9.37 Å². The quantitative estimate of drug-likeness (QED) is 0.496. The Labute approximate surface area is 175 Å². The fourth-order valence-electron chi connectivity index (χ4n) is 2.39. The summed E-state index contributed by atoms with van der Waals surface area (Å²) in [5.74, 6) is -0.548. The smallest absolute Gasteiger partial charge is 0.319 e. The Morgan fingerprint density at radius 1 is 1.07 bits per heavy atom. The number of rotatable bonds is 6. The number of hydrogen-bond acceptors (Lipinski definition) is 4. The van der Waals surface area contributed by atoms with Gasteiger partial charge in [0.15, 0.2) is 0 Å². The minimum absolute atomic E-state index is 0.0871. The molecule has 0 saturated heterocycles. The second-order valence-corrected chi connectivity index (χ2v) is 8.43. The summed E-state index contributed by atoms with van der Waals surface area (Å²) >= 11 is 3.05. The van der Waals surface area contributed by atoms with Gasteiger partial charge in [0.2, 0.25) is 0 Å². The van der Waals surface area contributed by atoms with E-state index in [0.717, 1.165) is 17.7 Å². The highest BCUT2D eigenvalue weighted by Gasteiger charge is 2.18. The van der Waals surface area contributed by atoms with Crippen LogP contribution in [-0.2, 0) is 16.6 Å². The second kappa shape index (κ2) is 9.01. The summed E-state index contributed by atoms with van der Waals surface area (Å²) in [6.07, 6.45) is 3.30. The Hall–Kier alpha value is -2.98. The third kappa shape index (κ3) is 5.75. The normalized spacial score (nSPS) is 11.0. The Kier molecular flexibility index (Phi) is 6.45. The van der Waals surface area contributed by atoms with Crippen molar-refractivity contribution in [1.82, 2.24) is 10.3 Å². The first-order chi connectivity index (χ1) is 13.8. The van der Waals surface area contributed by atoms with Crippen LogP contribution in [0.25, 0.3) is 0 Å². The van der Waals surface area contributed by atoms with E-state index in [1.54, 1.807) is 30.6 Å². The molecular weight excluding hydrogens is 463 g/mol. The summed E-state index contributed by atoms with van der Waals surface area (Å²) in [5.41, 5.74) is 1.64. The SMILES string of the molecule is O=C(NCc1cccnc1)Nc1ccc(NS(=O)(=O)c2ccc(F)cc2Br)cc1. The molecule has 0 radical (unpaired) electrons. The van der Waals surface area contributed by atoms with Gasteiger partial charge in [0, 0.05) is 34.8 Å². The molecule has 3 aromatic rings. The van der Waals surface area contributed by atoms with Gasteiger partial charge in [-0.15, -0.1) is 0 Å². The number of nitrogens with one attached hydrogen (secondary N) is 3. The van der Waals surface area contributed by atoms with Gasteiger partial charge in [-0.2, -0.15) is 0 Å². The van der Waals surface area contributed by atoms with Crippen LogP contribution < -0.4 is 15.4 Å². The van der Waals surface area contributed by atoms with E-state index in [1.165, 1.54) is 18.2 Å². The Balaban J connectivity index is 1.60. The summed E-state index contributed by atoms with van der Waals surface area (Å²) in [6.45, 7) is 0.324. The molecule has 7 nitrogen and oxygen atoms in total. The van der Waals surface area contributed by atoms with E-state index in [2.05, 4.69) is 36.3 Å². The number of anilines is 2. The molecule has 3 rings (SSSR count). The van der Waals surface area contributed by atoms with Gasteiger partial charge >= 0.3 is 6.03 Å². The van der Waals surface area contributed by atoms with Crippen LogP contribution in [0, 0.1) is 5.82 Å². The van der Waals surface area contributed by atoms with E-state index >= 15 is 0 Å². The molecular formula is C19H16BrFN4O3S. The zero-order chi connectivity index (χ0) is 20.9. The summed E-state index contributed by atoms with van der Waals surface area (Å²) in [5, 5.41) is 5.35. The van der Waals surface area contributed by atoms with Crippen LogP contribution in [0.15, 0.2) is 76.4 Å². The van der Waals surface area contributed by atoms with Crippen molar-refractivity contribution in [2.24, 2.45) is 0 Å². The van der Waals surface area contributed by atoms with Gasteiger partial charge in [0.1, 0.15) is 10.7 Å². The number of halogens is 2. The van der Waals surface area contributed by atoms with Crippen LogP contribution in [0.1, 0.15) is 5.56 Å². The lowest BCUT2D eigenvalue weighted by molar-refractivity contribution is 0.251. The van der Waals surface area contributed by atoms with Crippen molar-refractivity contribution in [2.45, 2.75) is 11.4 Å². The number of carbonyl (C=O) groups is 1. The van der Waals surface area contributed by atoms with Crippen LogP contribution in [-0.4, -0.2) is 19.4 Å². The average Bonchev–Trinajstić information content (AvgIpc) is 2.68. The largest absolute Gasteiger partial charge is 0.334 e. The minimum atomic E-state index is -3.91. The third-order valence-corrected chi connectivity index (χ3v) is 6.11. The standard InChI is InChI=1S/C19H16BrFN4O3S/c20-17-10-14(21)3-8-18(17)29(27,28)25-16-6-4-15(5-7-16)24-19(26)23-12-13-2-1-9-22-11-13/h1-11,25H,12H2,(H2,23,24,26). The maximum Gasteiger partial charge on any atom is 0.319 e. The van der Waals surface area contributed by atoms with Crippen molar-refractivity contribution in [3.05, 3.63) is 82.8 Å². The number of hydrogen-bond donors (Lipinski definition) is 3. The molecule has 10 heteroatoms. The molecule has 0 aliphatic rings. The van der Waals surface area contributed by atoms with Gasteiger partial charge in [-0.1, -0.05) is 6.07 Å². The molecule has 0 unspecified atom stereocenters. The van der Waals surface area contributed by atoms with Gasteiger partial charge in [-0.3, -0.25) is 9.71 Å². The number of nitrogens with zero attached hydrogens (tertiary/aromatic N) is 1. The summed E-state index contributed by atoms with van der Waals surface area (Å²) < 4.78 is 40.6. The van der Waals surface area contributed by atoms with Gasteiger partial charge in [-0.25, -0.2) is 17.6 Å². The van der Waals surface area contributed by atoms with Gasteiger partial charge in [-0.05, 0) is 70.0 Å². The number of urea groups is 1. The van der Waals surface area contributed by atoms with Crippen molar-refractivity contribution in [2.75, 3.05) is 10.0 Å². The number of amides is 2. The molecule has 0 aliphatic heterocycles. The molecule has 150 valence electrons. The molecule has 0 bridgehead atoms. The number of aromatic nitrogens is 1. The molecule has 0 fully saturated rings. The Morgan fingerprint density at radius 2 is 1.79 bits per heavy atom. The number of carbonyl (C=O) groups excluding carboxylic acids is 1. The zero-order valence-electron chi connectivity index (χ0n) is 14.9. The highest BCUT2D eigenvalue weighted by molar-refractivity contribution is 9.10. The Bertz CT molecular complexity index is 1110. The van der Waals surface area contributed by atoms with Crippen molar-refractivity contribution in [3.63, 3.8) is 0 Å². The predicted octanol–water partition coefficient (Wildman–Crippen LogP) is 4.11. The van der Waals surface area contributed by atoms with E-state index in [4.69, 9.17) is 0 Å². The fraction of sp³-hybridized carbons (Fsp3) is 0.0526. The monoisotopic (exact) mass is 478 g/mol. The number of sulfonamides is 1. The maximum atomic E-state index is 13.2. The molecule has 0 saturated carbocycles. The summed E-state index contributed by atoms with van der Waals surface area (Å²) in [6, 6.07) is 12.6. The molecule has 0 spiro atoms. The van der Waals surface area contributed by atoms with Gasteiger partial charge in [0.25, 0.3) is 10.0 Å². The lowest BCUT2D eigenvalue weighted by Crippen LogP contribution is -2.28. The average molecular weight is 479 g/mol. The lowest BCUT2D eigenvalue weighted by Gasteiger charge is -2.11. The first-order valence-electron chi connectivity index (χ1n) is 8.35. The Morgan fingerprint density at radius 3 is 2.45 bits per heavy atom. The molecule has 2 amide bonds. The first-order valence-corrected chi connectivity index (χ1v) is 10.6. The van der Waals surface area contributed by atoms with E-state index in [1.807, 2.05) is 6.07 Å². The van der Waals surface area contributed by atoms with Gasteiger partial charge in [0.05, 0.1) is 0 Å². The number of pyridine rings is 1. The zero-order valence-corrected chi connectivity index (χ0v) is 17.3. The predicted molar refractivity (Wildman–Crippen MR) is 111 cm³/mol. The summed E-state index contributed by atoms with van der Waals surface area (Å²) in [4.78, 5) is 15.8. The molecule has 2 aromatic carbocycles. The molecule has 0 atom stereocenters. The molecule has 29 heavy (non-hydrogen) atoms. The maximum absolute atomic E-state index is 13.2. The highest BCUT2D eigenvalue weighted by Crippen LogP contribution is 2.25. The van der Waals surface area contributed by atoms with Crippen molar-refractivity contribution in [3.8, 4) is 0 Å². The summed E-state index contributed by atoms with van der Waals surface area (Å²) in [7, 11) is -3.91. The van der Waals surface area contributed by atoms with Crippen LogP contribution >= 0.6 is 15.9 Å². The van der Waals surface area contributed by atoms with Crippen molar-refractivity contribution in [1.29, 1.82) is 0 Å². The van der Waals surface area contributed by atoms with E-state index < -0.39 is 21.9 Å². The molecule has 1 heterocycles. The van der Waals surface area contributed by atoms with E-state index in [0.29, 0.717) is 17.9 Å².